The Hall–Kier alpha value is -0.820. The minimum atomic E-state index is 0.681. The summed E-state index contributed by atoms with van der Waals surface area (Å²) in [6.45, 7) is 4.87. The Morgan fingerprint density at radius 1 is 1.24 bits per heavy atom. The van der Waals surface area contributed by atoms with Crippen molar-refractivity contribution in [2.24, 2.45) is 17.3 Å². The Morgan fingerprint density at radius 2 is 2.00 bits per heavy atom. The van der Waals surface area contributed by atoms with Crippen LogP contribution in [0.3, 0.4) is 0 Å². The quantitative estimate of drug-likeness (QED) is 0.821. The van der Waals surface area contributed by atoms with Crippen molar-refractivity contribution in [3.8, 4) is 0 Å². The molecular formula is C16H23N. The number of rotatable bonds is 2. The smallest absolute Gasteiger partial charge is 0.00120 e. The van der Waals surface area contributed by atoms with E-state index in [1.165, 1.54) is 44.3 Å². The molecule has 1 spiro atoms. The lowest BCUT2D eigenvalue weighted by molar-refractivity contribution is -0.0254. The average molecular weight is 229 g/mol. The van der Waals surface area contributed by atoms with Gasteiger partial charge in [0.1, 0.15) is 0 Å². The first kappa shape index (κ1) is 11.3. The molecule has 3 rings (SSSR count). The lowest BCUT2D eigenvalue weighted by Crippen LogP contribution is -2.52. The van der Waals surface area contributed by atoms with E-state index in [1.807, 2.05) is 0 Å². The highest BCUT2D eigenvalue weighted by Crippen LogP contribution is 2.54. The van der Waals surface area contributed by atoms with Gasteiger partial charge in [0.05, 0.1) is 0 Å². The Morgan fingerprint density at radius 3 is 2.71 bits per heavy atom. The molecule has 0 bridgehead atoms. The summed E-state index contributed by atoms with van der Waals surface area (Å²) in [5.74, 6) is 1.82. The molecule has 1 heteroatoms. The molecule has 1 aromatic carbocycles. The van der Waals surface area contributed by atoms with Crippen LogP contribution in [0.4, 0.5) is 0 Å². The van der Waals surface area contributed by atoms with Gasteiger partial charge in [-0.15, -0.1) is 0 Å². The molecule has 1 atom stereocenters. The fourth-order valence-corrected chi connectivity index (χ4v) is 4.09. The highest BCUT2D eigenvalue weighted by molar-refractivity contribution is 5.17. The summed E-state index contributed by atoms with van der Waals surface area (Å²) in [4.78, 5) is 0. The largest absolute Gasteiger partial charge is 0.316 e. The maximum atomic E-state index is 3.59. The molecule has 1 saturated carbocycles. The number of hydrogen-bond acceptors (Lipinski definition) is 1. The molecule has 2 fully saturated rings. The van der Waals surface area contributed by atoms with Crippen LogP contribution in [0.25, 0.3) is 0 Å². The van der Waals surface area contributed by atoms with Crippen LogP contribution in [-0.4, -0.2) is 13.1 Å². The van der Waals surface area contributed by atoms with Crippen LogP contribution in [0.5, 0.6) is 0 Å². The van der Waals surface area contributed by atoms with Gasteiger partial charge in [-0.1, -0.05) is 37.3 Å². The Bertz CT molecular complexity index is 359. The van der Waals surface area contributed by atoms with Crippen molar-refractivity contribution in [3.63, 3.8) is 0 Å². The predicted molar refractivity (Wildman–Crippen MR) is 72.0 cm³/mol. The van der Waals surface area contributed by atoms with Gasteiger partial charge in [0.2, 0.25) is 0 Å². The van der Waals surface area contributed by atoms with Gasteiger partial charge in [0, 0.05) is 0 Å². The van der Waals surface area contributed by atoms with Gasteiger partial charge in [-0.05, 0) is 61.6 Å². The van der Waals surface area contributed by atoms with Crippen molar-refractivity contribution in [3.05, 3.63) is 35.9 Å². The topological polar surface area (TPSA) is 12.0 Å². The van der Waals surface area contributed by atoms with Crippen molar-refractivity contribution < 1.29 is 0 Å². The van der Waals surface area contributed by atoms with Gasteiger partial charge in [0.25, 0.3) is 0 Å². The maximum absolute atomic E-state index is 3.59. The van der Waals surface area contributed by atoms with E-state index in [0.717, 1.165) is 11.8 Å². The van der Waals surface area contributed by atoms with Crippen LogP contribution in [0, 0.1) is 17.3 Å². The highest BCUT2D eigenvalue weighted by Gasteiger charge is 2.48. The highest BCUT2D eigenvalue weighted by atomic mass is 14.9. The van der Waals surface area contributed by atoms with Crippen LogP contribution in [-0.2, 0) is 6.42 Å². The molecular weight excluding hydrogens is 206 g/mol. The van der Waals surface area contributed by atoms with Crippen LogP contribution in [0.15, 0.2) is 30.3 Å². The van der Waals surface area contributed by atoms with Crippen molar-refractivity contribution in [2.75, 3.05) is 13.1 Å². The van der Waals surface area contributed by atoms with Crippen LogP contribution >= 0.6 is 0 Å². The number of nitrogens with one attached hydrogen (secondary N) is 1. The fraction of sp³-hybridized carbons (Fsp3) is 0.625. The molecule has 1 unspecified atom stereocenters. The zero-order valence-electron chi connectivity index (χ0n) is 10.8. The van der Waals surface area contributed by atoms with Crippen LogP contribution < -0.4 is 5.32 Å². The van der Waals surface area contributed by atoms with E-state index in [9.17, 15) is 0 Å². The minimum absolute atomic E-state index is 0.681. The Labute approximate surface area is 105 Å². The molecule has 1 aliphatic heterocycles. The van der Waals surface area contributed by atoms with Gasteiger partial charge >= 0.3 is 0 Å². The van der Waals surface area contributed by atoms with E-state index >= 15 is 0 Å². The van der Waals surface area contributed by atoms with Gasteiger partial charge in [-0.2, -0.15) is 0 Å². The van der Waals surface area contributed by atoms with E-state index in [0.29, 0.717) is 5.41 Å². The molecule has 2 aliphatic rings. The Kier molecular flexibility index (Phi) is 2.96. The van der Waals surface area contributed by atoms with Crippen molar-refractivity contribution >= 4 is 0 Å². The molecule has 1 nitrogen and oxygen atoms in total. The third kappa shape index (κ3) is 2.13. The summed E-state index contributed by atoms with van der Waals surface area (Å²) >= 11 is 0. The Balaban J connectivity index is 1.72. The average Bonchev–Trinajstić information content (AvgIpc) is 2.31. The van der Waals surface area contributed by atoms with E-state index in [4.69, 9.17) is 0 Å². The summed E-state index contributed by atoms with van der Waals surface area (Å²) in [7, 11) is 0. The number of benzene rings is 1. The standard InChI is InChI=1S/C16H23N/c1-13-10-16(11-13)7-8-17-12-15(16)9-14-5-3-2-4-6-14/h2-6,13,15,17H,7-12H2,1H3. The molecule has 1 heterocycles. The lowest BCUT2D eigenvalue weighted by Gasteiger charge is -2.54. The zero-order chi connectivity index (χ0) is 11.7. The van der Waals surface area contributed by atoms with E-state index in [2.05, 4.69) is 42.6 Å². The van der Waals surface area contributed by atoms with Crippen molar-refractivity contribution in [1.29, 1.82) is 0 Å². The molecule has 1 aromatic rings. The van der Waals surface area contributed by atoms with Gasteiger partial charge in [0.15, 0.2) is 0 Å². The molecule has 0 aromatic heterocycles. The normalized spacial score (nSPS) is 36.8. The van der Waals surface area contributed by atoms with Gasteiger partial charge < -0.3 is 5.32 Å². The second-order valence-electron chi connectivity index (χ2n) is 6.22. The van der Waals surface area contributed by atoms with E-state index in [-0.39, 0.29) is 0 Å². The first-order chi connectivity index (χ1) is 8.28. The fourth-order valence-electron chi connectivity index (χ4n) is 4.09. The summed E-state index contributed by atoms with van der Waals surface area (Å²) in [5.41, 5.74) is 2.20. The SMILES string of the molecule is CC1CC2(CCNCC2Cc2ccccc2)C1. The second kappa shape index (κ2) is 4.45. The third-order valence-corrected chi connectivity index (χ3v) is 4.89. The monoisotopic (exact) mass is 229 g/mol. The number of piperidine rings is 1. The second-order valence-corrected chi connectivity index (χ2v) is 6.22. The van der Waals surface area contributed by atoms with Gasteiger partial charge in [-0.25, -0.2) is 0 Å². The van der Waals surface area contributed by atoms with Crippen molar-refractivity contribution in [2.45, 2.75) is 32.6 Å². The van der Waals surface area contributed by atoms with E-state index < -0.39 is 0 Å². The predicted octanol–water partition coefficient (Wildman–Crippen LogP) is 3.25. The molecule has 0 radical (unpaired) electrons. The molecule has 1 saturated heterocycles. The summed E-state index contributed by atoms with van der Waals surface area (Å²) in [6, 6.07) is 11.0. The van der Waals surface area contributed by atoms with E-state index in [1.54, 1.807) is 0 Å². The molecule has 92 valence electrons. The van der Waals surface area contributed by atoms with Crippen LogP contribution in [0.2, 0.25) is 0 Å². The molecule has 0 amide bonds. The molecule has 1 aliphatic carbocycles. The first-order valence-corrected chi connectivity index (χ1v) is 7.03. The molecule has 17 heavy (non-hydrogen) atoms. The maximum Gasteiger partial charge on any atom is -0.00120 e. The van der Waals surface area contributed by atoms with Crippen LogP contribution in [0.1, 0.15) is 31.7 Å². The zero-order valence-corrected chi connectivity index (χ0v) is 10.8. The summed E-state index contributed by atoms with van der Waals surface area (Å²) in [6.07, 6.45) is 5.59. The number of hydrogen-bond donors (Lipinski definition) is 1. The van der Waals surface area contributed by atoms with Gasteiger partial charge in [-0.3, -0.25) is 0 Å². The molecule has 1 N–H and O–H groups in total. The summed E-state index contributed by atoms with van der Waals surface area (Å²) in [5, 5.41) is 3.59. The first-order valence-electron chi connectivity index (χ1n) is 7.03. The summed E-state index contributed by atoms with van der Waals surface area (Å²) < 4.78 is 0. The third-order valence-electron chi connectivity index (χ3n) is 4.89. The lowest BCUT2D eigenvalue weighted by atomic mass is 9.53. The van der Waals surface area contributed by atoms with Crippen molar-refractivity contribution in [1.82, 2.24) is 5.32 Å². The minimum Gasteiger partial charge on any atom is -0.316 e.